The molecule has 0 aromatic carbocycles. The number of carbonyl (C=O) groups excluding carboxylic acids is 1. The molecule has 2 heterocycles. The molecule has 0 unspecified atom stereocenters. The van der Waals surface area contributed by atoms with Gasteiger partial charge in [-0.2, -0.15) is 4.31 Å². The topological polar surface area (TPSA) is 83.7 Å². The molecule has 0 saturated carbocycles. The Morgan fingerprint density at radius 1 is 1.35 bits per heavy atom. The second-order valence-corrected chi connectivity index (χ2v) is 9.20. The van der Waals surface area contributed by atoms with Gasteiger partial charge in [-0.3, -0.25) is 9.69 Å². The van der Waals surface area contributed by atoms with Gasteiger partial charge >= 0.3 is 0 Å². The molecule has 112 valence electrons. The van der Waals surface area contributed by atoms with Crippen LogP contribution in [0.4, 0.5) is 0 Å². The van der Waals surface area contributed by atoms with Gasteiger partial charge in [-0.05, 0) is 35.0 Å². The quantitative estimate of drug-likeness (QED) is 0.831. The number of amides is 1. The van der Waals surface area contributed by atoms with Gasteiger partial charge in [0.1, 0.15) is 4.21 Å². The van der Waals surface area contributed by atoms with Crippen molar-refractivity contribution in [2.75, 3.05) is 26.2 Å². The van der Waals surface area contributed by atoms with Crippen LogP contribution in [-0.2, 0) is 14.8 Å². The number of hydrogen-bond acceptors (Lipinski definition) is 5. The summed E-state index contributed by atoms with van der Waals surface area (Å²) in [5, 5.41) is 0. The van der Waals surface area contributed by atoms with Crippen molar-refractivity contribution in [2.24, 2.45) is 5.73 Å². The Morgan fingerprint density at radius 2 is 1.95 bits per heavy atom. The van der Waals surface area contributed by atoms with E-state index in [9.17, 15) is 13.2 Å². The average molecular weight is 382 g/mol. The molecule has 0 aliphatic carbocycles. The van der Waals surface area contributed by atoms with Crippen LogP contribution in [0.2, 0.25) is 0 Å². The molecule has 0 bridgehead atoms. The number of piperazine rings is 1. The lowest BCUT2D eigenvalue weighted by molar-refractivity contribution is -0.123. The fraction of sp³-hybridized carbons (Fsp3) is 0.545. The second kappa shape index (κ2) is 6.10. The summed E-state index contributed by atoms with van der Waals surface area (Å²) < 4.78 is 27.4. The minimum atomic E-state index is -3.43. The first-order valence-corrected chi connectivity index (χ1v) is 9.16. The number of rotatable bonds is 4. The Morgan fingerprint density at radius 3 is 2.40 bits per heavy atom. The number of halogens is 1. The smallest absolute Gasteiger partial charge is 0.252 e. The number of nitrogens with two attached hydrogens (primary N) is 1. The first-order valence-electron chi connectivity index (χ1n) is 6.11. The molecular weight excluding hydrogens is 366 g/mol. The normalized spacial score (nSPS) is 19.9. The van der Waals surface area contributed by atoms with E-state index in [0.717, 1.165) is 3.79 Å². The fourth-order valence-electron chi connectivity index (χ4n) is 2.07. The van der Waals surface area contributed by atoms with E-state index >= 15 is 0 Å². The molecule has 2 N–H and O–H groups in total. The van der Waals surface area contributed by atoms with Crippen molar-refractivity contribution >= 4 is 43.2 Å². The lowest BCUT2D eigenvalue weighted by atomic mass is 10.2. The first-order chi connectivity index (χ1) is 9.32. The van der Waals surface area contributed by atoms with Crippen LogP contribution in [0, 0.1) is 0 Å². The van der Waals surface area contributed by atoms with E-state index in [2.05, 4.69) is 15.9 Å². The molecule has 1 aromatic heterocycles. The van der Waals surface area contributed by atoms with Crippen molar-refractivity contribution < 1.29 is 13.2 Å². The molecule has 1 atom stereocenters. The van der Waals surface area contributed by atoms with Crippen molar-refractivity contribution in [2.45, 2.75) is 17.2 Å². The molecule has 9 heteroatoms. The molecule has 6 nitrogen and oxygen atoms in total. The van der Waals surface area contributed by atoms with E-state index in [1.807, 2.05) is 4.90 Å². The lowest BCUT2D eigenvalue weighted by Gasteiger charge is -2.35. The molecule has 1 aliphatic rings. The van der Waals surface area contributed by atoms with Gasteiger partial charge in [0.15, 0.2) is 0 Å². The van der Waals surface area contributed by atoms with Crippen molar-refractivity contribution in [3.05, 3.63) is 15.9 Å². The highest BCUT2D eigenvalue weighted by atomic mass is 79.9. The van der Waals surface area contributed by atoms with Gasteiger partial charge in [-0.25, -0.2) is 8.42 Å². The summed E-state index contributed by atoms with van der Waals surface area (Å²) in [7, 11) is -3.43. The largest absolute Gasteiger partial charge is 0.368 e. The molecule has 1 saturated heterocycles. The van der Waals surface area contributed by atoms with E-state index in [1.54, 1.807) is 19.1 Å². The lowest BCUT2D eigenvalue weighted by Crippen LogP contribution is -2.54. The van der Waals surface area contributed by atoms with Crippen LogP contribution in [0.3, 0.4) is 0 Å². The van der Waals surface area contributed by atoms with E-state index in [-0.39, 0.29) is 11.9 Å². The SMILES string of the molecule is C[C@@H](C(N)=O)N1CCN(S(=O)(=O)c2ccc(Br)s2)CC1. The van der Waals surface area contributed by atoms with Crippen LogP contribution in [0.15, 0.2) is 20.1 Å². The van der Waals surface area contributed by atoms with Gasteiger partial charge < -0.3 is 5.73 Å². The highest BCUT2D eigenvalue weighted by Gasteiger charge is 2.31. The van der Waals surface area contributed by atoms with E-state index in [0.29, 0.717) is 30.4 Å². The predicted octanol–water partition coefficient (Wildman–Crippen LogP) is 0.691. The van der Waals surface area contributed by atoms with Gasteiger partial charge in [0.05, 0.1) is 9.83 Å². The Kier molecular flexibility index (Phi) is 4.85. The van der Waals surface area contributed by atoms with Crippen molar-refractivity contribution in [1.82, 2.24) is 9.21 Å². The summed E-state index contributed by atoms with van der Waals surface area (Å²) in [6.07, 6.45) is 0. The zero-order chi connectivity index (χ0) is 14.9. The molecule has 1 amide bonds. The number of thiophene rings is 1. The Hall–Kier alpha value is -0.480. The zero-order valence-electron chi connectivity index (χ0n) is 11.0. The van der Waals surface area contributed by atoms with E-state index in [4.69, 9.17) is 5.73 Å². The van der Waals surface area contributed by atoms with Crippen LogP contribution < -0.4 is 5.73 Å². The minimum Gasteiger partial charge on any atom is -0.368 e. The summed E-state index contributed by atoms with van der Waals surface area (Å²) in [6.45, 7) is 3.50. The third-order valence-electron chi connectivity index (χ3n) is 3.38. The van der Waals surface area contributed by atoms with Gasteiger partial charge in [0.25, 0.3) is 10.0 Å². The summed E-state index contributed by atoms with van der Waals surface area (Å²) in [4.78, 5) is 13.0. The molecule has 1 aromatic rings. The van der Waals surface area contributed by atoms with Crippen LogP contribution in [-0.4, -0.2) is 55.8 Å². The molecule has 1 fully saturated rings. The molecule has 0 radical (unpaired) electrons. The van der Waals surface area contributed by atoms with Crippen LogP contribution in [0.5, 0.6) is 0 Å². The maximum atomic E-state index is 12.4. The zero-order valence-corrected chi connectivity index (χ0v) is 14.2. The Bertz CT molecular complexity index is 594. The Labute approximate surface area is 130 Å². The first kappa shape index (κ1) is 15.9. The maximum absolute atomic E-state index is 12.4. The molecule has 2 rings (SSSR count). The Balaban J connectivity index is 2.05. The van der Waals surface area contributed by atoms with Gasteiger partial charge in [0.2, 0.25) is 5.91 Å². The predicted molar refractivity (Wildman–Crippen MR) is 81.0 cm³/mol. The van der Waals surface area contributed by atoms with Crippen molar-refractivity contribution in [3.8, 4) is 0 Å². The van der Waals surface area contributed by atoms with E-state index < -0.39 is 10.0 Å². The number of hydrogen-bond donors (Lipinski definition) is 1. The molecule has 20 heavy (non-hydrogen) atoms. The van der Waals surface area contributed by atoms with Gasteiger partial charge in [-0.1, -0.05) is 0 Å². The number of nitrogens with zero attached hydrogens (tertiary/aromatic N) is 2. The van der Waals surface area contributed by atoms with Crippen molar-refractivity contribution in [3.63, 3.8) is 0 Å². The summed E-state index contributed by atoms with van der Waals surface area (Å²) in [5.74, 6) is -0.386. The van der Waals surface area contributed by atoms with Crippen molar-refractivity contribution in [1.29, 1.82) is 0 Å². The number of carbonyl (C=O) groups is 1. The summed E-state index contributed by atoms with van der Waals surface area (Å²) >= 11 is 4.47. The summed E-state index contributed by atoms with van der Waals surface area (Å²) in [6, 6.07) is 2.96. The monoisotopic (exact) mass is 381 g/mol. The average Bonchev–Trinajstić information content (AvgIpc) is 2.85. The molecule has 1 aliphatic heterocycles. The third-order valence-corrected chi connectivity index (χ3v) is 7.37. The van der Waals surface area contributed by atoms with Crippen LogP contribution in [0.1, 0.15) is 6.92 Å². The number of primary amides is 1. The molecular formula is C11H16BrN3O3S2. The van der Waals surface area contributed by atoms with Crippen LogP contribution >= 0.6 is 27.3 Å². The maximum Gasteiger partial charge on any atom is 0.252 e. The minimum absolute atomic E-state index is 0.334. The fourth-order valence-corrected chi connectivity index (χ4v) is 5.66. The third kappa shape index (κ3) is 3.22. The summed E-state index contributed by atoms with van der Waals surface area (Å²) in [5.41, 5.74) is 5.27. The number of sulfonamides is 1. The van der Waals surface area contributed by atoms with E-state index in [1.165, 1.54) is 15.6 Å². The van der Waals surface area contributed by atoms with Gasteiger partial charge in [0, 0.05) is 26.2 Å². The van der Waals surface area contributed by atoms with Crippen LogP contribution in [0.25, 0.3) is 0 Å². The second-order valence-electron chi connectivity index (χ2n) is 4.58. The highest BCUT2D eigenvalue weighted by Crippen LogP contribution is 2.29. The highest BCUT2D eigenvalue weighted by molar-refractivity contribution is 9.11. The van der Waals surface area contributed by atoms with Gasteiger partial charge in [-0.15, -0.1) is 11.3 Å². The standard InChI is InChI=1S/C11H16BrN3O3S2/c1-8(11(13)16)14-4-6-15(7-5-14)20(17,18)10-3-2-9(12)19-10/h2-3,8H,4-7H2,1H3,(H2,13,16)/t8-/m0/s1. The molecule has 0 spiro atoms.